The number of hydrogen-bond acceptors (Lipinski definition) is 4. The highest BCUT2D eigenvalue weighted by Gasteiger charge is 2.15. The predicted molar refractivity (Wildman–Crippen MR) is 85.6 cm³/mol. The van der Waals surface area contributed by atoms with E-state index in [2.05, 4.69) is 5.32 Å². The van der Waals surface area contributed by atoms with Crippen LogP contribution in [-0.2, 0) is 9.59 Å². The van der Waals surface area contributed by atoms with Crippen LogP contribution in [0.25, 0.3) is 0 Å². The summed E-state index contributed by atoms with van der Waals surface area (Å²) >= 11 is 5.90. The summed E-state index contributed by atoms with van der Waals surface area (Å²) in [4.78, 5) is 24.5. The quantitative estimate of drug-likeness (QED) is 0.766. The Kier molecular flexibility index (Phi) is 7.14. The smallest absolute Gasteiger partial charge is 0.317 e. The van der Waals surface area contributed by atoms with Gasteiger partial charge in [-0.1, -0.05) is 11.6 Å². The van der Waals surface area contributed by atoms with Gasteiger partial charge in [0.15, 0.2) is 0 Å². The SMILES string of the molecule is COc1ccc(Cl)cc1NC(=O)CCN(CC(=O)O)C(C)C. The molecule has 22 heavy (non-hydrogen) atoms. The zero-order valence-corrected chi connectivity index (χ0v) is 13.7. The molecule has 0 aromatic heterocycles. The van der Waals surface area contributed by atoms with Gasteiger partial charge in [-0.3, -0.25) is 14.5 Å². The van der Waals surface area contributed by atoms with Gasteiger partial charge in [-0.25, -0.2) is 0 Å². The third-order valence-corrected chi connectivity index (χ3v) is 3.37. The van der Waals surface area contributed by atoms with E-state index in [0.29, 0.717) is 23.0 Å². The maximum Gasteiger partial charge on any atom is 0.317 e. The number of anilines is 1. The van der Waals surface area contributed by atoms with Crippen LogP contribution in [0.1, 0.15) is 20.3 Å². The molecule has 0 radical (unpaired) electrons. The van der Waals surface area contributed by atoms with E-state index in [9.17, 15) is 9.59 Å². The summed E-state index contributed by atoms with van der Waals surface area (Å²) in [5.41, 5.74) is 0.495. The van der Waals surface area contributed by atoms with Gasteiger partial charge in [0.1, 0.15) is 5.75 Å². The molecule has 0 atom stereocenters. The molecular formula is C15H21ClN2O4. The first-order chi connectivity index (χ1) is 10.3. The minimum Gasteiger partial charge on any atom is -0.495 e. The van der Waals surface area contributed by atoms with Crippen molar-refractivity contribution >= 4 is 29.2 Å². The van der Waals surface area contributed by atoms with E-state index in [1.54, 1.807) is 23.1 Å². The van der Waals surface area contributed by atoms with Gasteiger partial charge >= 0.3 is 5.97 Å². The molecule has 0 aliphatic carbocycles. The van der Waals surface area contributed by atoms with Crippen molar-refractivity contribution in [2.45, 2.75) is 26.3 Å². The summed E-state index contributed by atoms with van der Waals surface area (Å²) in [6.07, 6.45) is 0.182. The zero-order valence-electron chi connectivity index (χ0n) is 12.9. The molecular weight excluding hydrogens is 308 g/mol. The number of ether oxygens (including phenoxy) is 1. The van der Waals surface area contributed by atoms with Crippen LogP contribution in [0, 0.1) is 0 Å². The second kappa shape index (κ2) is 8.60. The second-order valence-electron chi connectivity index (χ2n) is 5.10. The molecule has 0 aliphatic heterocycles. The largest absolute Gasteiger partial charge is 0.495 e. The average Bonchev–Trinajstić information content (AvgIpc) is 2.43. The van der Waals surface area contributed by atoms with Crippen LogP contribution < -0.4 is 10.1 Å². The molecule has 0 saturated carbocycles. The monoisotopic (exact) mass is 328 g/mol. The Hall–Kier alpha value is -1.79. The maximum absolute atomic E-state index is 12.0. The third kappa shape index (κ3) is 5.91. The van der Waals surface area contributed by atoms with Gasteiger partial charge in [-0.2, -0.15) is 0 Å². The highest BCUT2D eigenvalue weighted by molar-refractivity contribution is 6.31. The van der Waals surface area contributed by atoms with Crippen LogP contribution in [0.2, 0.25) is 5.02 Å². The summed E-state index contributed by atoms with van der Waals surface area (Å²) in [5, 5.41) is 12.1. The van der Waals surface area contributed by atoms with Crippen molar-refractivity contribution in [3.8, 4) is 5.75 Å². The lowest BCUT2D eigenvalue weighted by Gasteiger charge is -2.24. The van der Waals surface area contributed by atoms with Crippen molar-refractivity contribution in [1.82, 2.24) is 4.90 Å². The molecule has 0 unspecified atom stereocenters. The molecule has 0 fully saturated rings. The fraction of sp³-hybridized carbons (Fsp3) is 0.467. The second-order valence-corrected chi connectivity index (χ2v) is 5.54. The average molecular weight is 329 g/mol. The maximum atomic E-state index is 12.0. The molecule has 1 rings (SSSR count). The van der Waals surface area contributed by atoms with E-state index >= 15 is 0 Å². The van der Waals surface area contributed by atoms with Gasteiger partial charge in [0, 0.05) is 24.0 Å². The Morgan fingerprint density at radius 3 is 2.64 bits per heavy atom. The number of methoxy groups -OCH3 is 1. The molecule has 7 heteroatoms. The number of carbonyl (C=O) groups excluding carboxylic acids is 1. The first-order valence-corrected chi connectivity index (χ1v) is 7.30. The van der Waals surface area contributed by atoms with E-state index in [-0.39, 0.29) is 24.9 Å². The Labute approximate surface area is 135 Å². The van der Waals surface area contributed by atoms with E-state index in [0.717, 1.165) is 0 Å². The number of nitrogens with one attached hydrogen (secondary N) is 1. The number of carbonyl (C=O) groups is 2. The first-order valence-electron chi connectivity index (χ1n) is 6.92. The lowest BCUT2D eigenvalue weighted by molar-refractivity contribution is -0.139. The minimum absolute atomic E-state index is 0.0459. The standard InChI is InChI=1S/C15H21ClN2O4/c1-10(2)18(9-15(20)21)7-6-14(19)17-12-8-11(16)4-5-13(12)22-3/h4-5,8,10H,6-7,9H2,1-3H3,(H,17,19)(H,20,21). The highest BCUT2D eigenvalue weighted by Crippen LogP contribution is 2.27. The molecule has 0 aliphatic rings. The van der Waals surface area contributed by atoms with E-state index < -0.39 is 5.97 Å². The lowest BCUT2D eigenvalue weighted by atomic mass is 10.2. The van der Waals surface area contributed by atoms with Crippen molar-refractivity contribution in [2.75, 3.05) is 25.5 Å². The number of carboxylic acids is 1. The molecule has 1 aromatic rings. The molecule has 6 nitrogen and oxygen atoms in total. The topological polar surface area (TPSA) is 78.9 Å². The number of benzene rings is 1. The molecule has 2 N–H and O–H groups in total. The third-order valence-electron chi connectivity index (χ3n) is 3.13. The Balaban J connectivity index is 2.62. The predicted octanol–water partition coefficient (Wildman–Crippen LogP) is 2.47. The van der Waals surface area contributed by atoms with E-state index in [1.165, 1.54) is 7.11 Å². The molecule has 0 bridgehead atoms. The highest BCUT2D eigenvalue weighted by atomic mass is 35.5. The number of rotatable bonds is 8. The number of nitrogens with zero attached hydrogens (tertiary/aromatic N) is 1. The minimum atomic E-state index is -0.911. The first kappa shape index (κ1) is 18.3. The molecule has 1 aromatic carbocycles. The summed E-state index contributed by atoms with van der Waals surface area (Å²) in [7, 11) is 1.51. The van der Waals surface area contributed by atoms with Gasteiger partial charge in [0.05, 0.1) is 19.3 Å². The molecule has 1 amide bonds. The van der Waals surface area contributed by atoms with Crippen LogP contribution >= 0.6 is 11.6 Å². The van der Waals surface area contributed by atoms with Crippen molar-refractivity contribution in [2.24, 2.45) is 0 Å². The Bertz CT molecular complexity index is 534. The Morgan fingerprint density at radius 1 is 1.41 bits per heavy atom. The molecule has 0 heterocycles. The Morgan fingerprint density at radius 2 is 2.09 bits per heavy atom. The number of aliphatic carboxylic acids is 1. The molecule has 0 spiro atoms. The van der Waals surface area contributed by atoms with Crippen molar-refractivity contribution in [1.29, 1.82) is 0 Å². The number of hydrogen-bond donors (Lipinski definition) is 2. The number of amides is 1. The summed E-state index contributed by atoms with van der Waals surface area (Å²) in [5.74, 6) is -0.619. The number of carboxylic acid groups (broad SMARTS) is 1. The van der Waals surface area contributed by atoms with Crippen LogP contribution in [0.3, 0.4) is 0 Å². The van der Waals surface area contributed by atoms with Crippen LogP contribution in [-0.4, -0.2) is 48.1 Å². The van der Waals surface area contributed by atoms with Crippen molar-refractivity contribution in [3.63, 3.8) is 0 Å². The van der Waals surface area contributed by atoms with Gasteiger partial charge in [0.25, 0.3) is 0 Å². The summed E-state index contributed by atoms with van der Waals surface area (Å²) in [6.45, 7) is 4.05. The van der Waals surface area contributed by atoms with Crippen molar-refractivity contribution < 1.29 is 19.4 Å². The summed E-state index contributed by atoms with van der Waals surface area (Å²) < 4.78 is 5.16. The number of halogens is 1. The summed E-state index contributed by atoms with van der Waals surface area (Å²) in [6, 6.07) is 4.99. The van der Waals surface area contributed by atoms with E-state index in [1.807, 2.05) is 13.8 Å². The lowest BCUT2D eigenvalue weighted by Crippen LogP contribution is -2.37. The van der Waals surface area contributed by atoms with Gasteiger partial charge in [-0.05, 0) is 32.0 Å². The van der Waals surface area contributed by atoms with Crippen LogP contribution in [0.15, 0.2) is 18.2 Å². The molecule has 0 saturated heterocycles. The van der Waals surface area contributed by atoms with Gasteiger partial charge in [-0.15, -0.1) is 0 Å². The van der Waals surface area contributed by atoms with Gasteiger partial charge in [0.2, 0.25) is 5.91 Å². The fourth-order valence-corrected chi connectivity index (χ4v) is 2.10. The van der Waals surface area contributed by atoms with Crippen LogP contribution in [0.5, 0.6) is 5.75 Å². The normalized spacial score (nSPS) is 10.8. The van der Waals surface area contributed by atoms with Crippen LogP contribution in [0.4, 0.5) is 5.69 Å². The van der Waals surface area contributed by atoms with Crippen molar-refractivity contribution in [3.05, 3.63) is 23.2 Å². The van der Waals surface area contributed by atoms with E-state index in [4.69, 9.17) is 21.4 Å². The zero-order chi connectivity index (χ0) is 16.7. The molecule has 122 valence electrons. The van der Waals surface area contributed by atoms with Gasteiger partial charge < -0.3 is 15.2 Å². The fourth-order valence-electron chi connectivity index (χ4n) is 1.93.